The van der Waals surface area contributed by atoms with Gasteiger partial charge in [-0.05, 0) is 23.3 Å². The number of benzene rings is 2. The molecule has 2 aromatic carbocycles. The summed E-state index contributed by atoms with van der Waals surface area (Å²) in [5, 5.41) is 0. The van der Waals surface area contributed by atoms with Gasteiger partial charge in [-0.1, -0.05) is 48.6 Å². The fourth-order valence-corrected chi connectivity index (χ4v) is 3.77. The minimum atomic E-state index is -2.90. The summed E-state index contributed by atoms with van der Waals surface area (Å²) in [6, 6.07) is 14.8. The van der Waals surface area contributed by atoms with Crippen molar-refractivity contribution < 1.29 is 4.21 Å². The molecule has 0 radical (unpaired) electrons. The van der Waals surface area contributed by atoms with E-state index in [2.05, 4.69) is 0 Å². The lowest BCUT2D eigenvalue weighted by Gasteiger charge is -2.10. The summed E-state index contributed by atoms with van der Waals surface area (Å²) in [5.41, 5.74) is 1.73. The van der Waals surface area contributed by atoms with Crippen molar-refractivity contribution in [3.8, 4) is 0 Å². The Morgan fingerprint density at radius 3 is 1.65 bits per heavy atom. The van der Waals surface area contributed by atoms with Gasteiger partial charge in [-0.2, -0.15) is 0 Å². The second kappa shape index (κ2) is 3.57. The SMILES string of the molecule is N=S1(=O)c2ccccc2C=Cc2ccccc21. The van der Waals surface area contributed by atoms with Crippen LogP contribution in [0.15, 0.2) is 58.3 Å². The van der Waals surface area contributed by atoms with Gasteiger partial charge < -0.3 is 0 Å². The van der Waals surface area contributed by atoms with Gasteiger partial charge in [-0.3, -0.25) is 0 Å². The molecule has 0 spiro atoms. The standard InChI is InChI=1S/C14H11NOS/c15-17(16)13-7-3-1-5-11(13)9-10-12-6-2-4-8-14(12)17/h1-10,15H. The Morgan fingerprint density at radius 1 is 0.765 bits per heavy atom. The van der Waals surface area contributed by atoms with E-state index in [-0.39, 0.29) is 0 Å². The van der Waals surface area contributed by atoms with Crippen LogP contribution in [-0.4, -0.2) is 4.21 Å². The average molecular weight is 241 g/mol. The second-order valence-corrected chi connectivity index (χ2v) is 5.96. The van der Waals surface area contributed by atoms with E-state index in [4.69, 9.17) is 4.78 Å². The molecule has 1 N–H and O–H groups in total. The van der Waals surface area contributed by atoms with Crippen molar-refractivity contribution in [3.63, 3.8) is 0 Å². The fourth-order valence-electron chi connectivity index (χ4n) is 2.06. The van der Waals surface area contributed by atoms with E-state index in [1.807, 2.05) is 48.6 Å². The van der Waals surface area contributed by atoms with Gasteiger partial charge in [0.15, 0.2) is 0 Å². The van der Waals surface area contributed by atoms with Crippen molar-refractivity contribution in [3.05, 3.63) is 59.7 Å². The Morgan fingerprint density at radius 2 is 1.18 bits per heavy atom. The molecule has 2 aromatic rings. The topological polar surface area (TPSA) is 40.9 Å². The van der Waals surface area contributed by atoms with Gasteiger partial charge in [-0.25, -0.2) is 8.99 Å². The van der Waals surface area contributed by atoms with Gasteiger partial charge in [-0.15, -0.1) is 0 Å². The number of nitrogens with one attached hydrogen (secondary N) is 1. The maximum Gasteiger partial charge on any atom is 0.102 e. The van der Waals surface area contributed by atoms with E-state index in [0.717, 1.165) is 11.1 Å². The molecule has 3 rings (SSSR count). The lowest BCUT2D eigenvalue weighted by atomic mass is 10.1. The van der Waals surface area contributed by atoms with Gasteiger partial charge in [0, 0.05) is 0 Å². The van der Waals surface area contributed by atoms with E-state index < -0.39 is 9.73 Å². The van der Waals surface area contributed by atoms with Gasteiger partial charge in [0.2, 0.25) is 0 Å². The summed E-state index contributed by atoms with van der Waals surface area (Å²) in [4.78, 5) is 1.20. The van der Waals surface area contributed by atoms with Crippen molar-refractivity contribution in [2.45, 2.75) is 9.79 Å². The molecule has 0 aliphatic carbocycles. The molecule has 3 heteroatoms. The summed E-state index contributed by atoms with van der Waals surface area (Å²) in [5.74, 6) is 0. The monoisotopic (exact) mass is 241 g/mol. The van der Waals surface area contributed by atoms with Crippen LogP contribution >= 0.6 is 0 Å². The largest absolute Gasteiger partial charge is 0.245 e. The van der Waals surface area contributed by atoms with Crippen LogP contribution in [0.25, 0.3) is 12.2 Å². The van der Waals surface area contributed by atoms with E-state index in [0.29, 0.717) is 9.79 Å². The second-order valence-electron chi connectivity index (χ2n) is 3.97. The van der Waals surface area contributed by atoms with Crippen LogP contribution in [0.3, 0.4) is 0 Å². The molecule has 1 aliphatic heterocycles. The van der Waals surface area contributed by atoms with Gasteiger partial charge in [0.25, 0.3) is 0 Å². The minimum absolute atomic E-state index is 0.598. The molecule has 1 heterocycles. The van der Waals surface area contributed by atoms with E-state index in [1.165, 1.54) is 0 Å². The lowest BCUT2D eigenvalue weighted by molar-refractivity contribution is 0.674. The maximum absolute atomic E-state index is 12.7. The third-order valence-electron chi connectivity index (χ3n) is 2.90. The highest BCUT2D eigenvalue weighted by molar-refractivity contribution is 7.92. The van der Waals surface area contributed by atoms with Crippen LogP contribution in [0, 0.1) is 4.78 Å². The molecule has 0 fully saturated rings. The first-order chi connectivity index (χ1) is 8.19. The Bertz CT molecular complexity index is 659. The van der Waals surface area contributed by atoms with Gasteiger partial charge in [0.1, 0.15) is 9.73 Å². The van der Waals surface area contributed by atoms with E-state index >= 15 is 0 Å². The molecule has 2 nitrogen and oxygen atoms in total. The molecule has 0 atom stereocenters. The molecule has 0 aromatic heterocycles. The summed E-state index contributed by atoms with van der Waals surface area (Å²) < 4.78 is 20.9. The van der Waals surface area contributed by atoms with E-state index in [1.54, 1.807) is 12.1 Å². The molecule has 1 aliphatic rings. The predicted molar refractivity (Wildman–Crippen MR) is 69.2 cm³/mol. The molecule has 0 bridgehead atoms. The molecular weight excluding hydrogens is 230 g/mol. The number of hydrogen-bond donors (Lipinski definition) is 1. The summed E-state index contributed by atoms with van der Waals surface area (Å²) in [6.45, 7) is 0. The van der Waals surface area contributed by atoms with Crippen LogP contribution in [0.4, 0.5) is 0 Å². The van der Waals surface area contributed by atoms with Crippen molar-refractivity contribution >= 4 is 21.9 Å². The van der Waals surface area contributed by atoms with Gasteiger partial charge in [0.05, 0.1) is 9.79 Å². The zero-order chi connectivity index (χ0) is 11.9. The molecule has 84 valence electrons. The van der Waals surface area contributed by atoms with Gasteiger partial charge >= 0.3 is 0 Å². The highest BCUT2D eigenvalue weighted by Crippen LogP contribution is 2.32. The highest BCUT2D eigenvalue weighted by atomic mass is 32.2. The zero-order valence-corrected chi connectivity index (χ0v) is 9.91. The van der Waals surface area contributed by atoms with Crippen LogP contribution in [0.2, 0.25) is 0 Å². The highest BCUT2D eigenvalue weighted by Gasteiger charge is 2.20. The molecule has 17 heavy (non-hydrogen) atoms. The molecule has 0 saturated heterocycles. The van der Waals surface area contributed by atoms with Crippen LogP contribution in [-0.2, 0) is 9.73 Å². The first kappa shape index (κ1) is 10.3. The van der Waals surface area contributed by atoms with Crippen LogP contribution < -0.4 is 0 Å². The lowest BCUT2D eigenvalue weighted by Crippen LogP contribution is -2.02. The minimum Gasteiger partial charge on any atom is -0.245 e. The Labute approximate surface area is 101 Å². The fraction of sp³-hybridized carbons (Fsp3) is 0. The van der Waals surface area contributed by atoms with Crippen molar-refractivity contribution in [2.75, 3.05) is 0 Å². The van der Waals surface area contributed by atoms with Crippen molar-refractivity contribution in [1.29, 1.82) is 4.78 Å². The first-order valence-corrected chi connectivity index (χ1v) is 6.90. The van der Waals surface area contributed by atoms with Crippen molar-refractivity contribution in [2.24, 2.45) is 0 Å². The summed E-state index contributed by atoms with van der Waals surface area (Å²) >= 11 is 0. The smallest absolute Gasteiger partial charge is 0.102 e. The molecule has 0 unspecified atom stereocenters. The van der Waals surface area contributed by atoms with Crippen LogP contribution in [0.5, 0.6) is 0 Å². The first-order valence-electron chi connectivity index (χ1n) is 5.34. The predicted octanol–water partition coefficient (Wildman–Crippen LogP) is 3.64. The maximum atomic E-state index is 12.7. The Hall–Kier alpha value is -1.87. The molecule has 0 amide bonds. The van der Waals surface area contributed by atoms with Crippen LogP contribution in [0.1, 0.15) is 11.1 Å². The van der Waals surface area contributed by atoms with E-state index in [9.17, 15) is 4.21 Å². The summed E-state index contributed by atoms with van der Waals surface area (Å²) in [6.07, 6.45) is 3.85. The quantitative estimate of drug-likeness (QED) is 0.641. The normalized spacial score (nSPS) is 15.8. The third-order valence-corrected chi connectivity index (χ3v) is 4.88. The average Bonchev–Trinajstić information content (AvgIpc) is 2.47. The zero-order valence-electron chi connectivity index (χ0n) is 9.09. The van der Waals surface area contributed by atoms with Crippen molar-refractivity contribution in [1.82, 2.24) is 0 Å². The number of rotatable bonds is 0. The molecule has 0 saturated carbocycles. The number of fused-ring (bicyclic) bond motifs is 2. The Kier molecular flexibility index (Phi) is 2.16. The third kappa shape index (κ3) is 1.51. The Balaban J connectivity index is 2.43. The molecular formula is C14H11NOS. The summed E-state index contributed by atoms with van der Waals surface area (Å²) in [7, 11) is -2.90. The number of hydrogen-bond acceptors (Lipinski definition) is 2.